The summed E-state index contributed by atoms with van der Waals surface area (Å²) >= 11 is 0. The highest BCUT2D eigenvalue weighted by Gasteiger charge is 2.28. The van der Waals surface area contributed by atoms with Crippen molar-refractivity contribution in [3.05, 3.63) is 29.6 Å². The van der Waals surface area contributed by atoms with Crippen molar-refractivity contribution in [1.82, 2.24) is 10.3 Å². The average Bonchev–Trinajstić information content (AvgIpc) is 2.68. The molecule has 3 heteroatoms. The molecule has 16 heavy (non-hydrogen) atoms. The molecule has 2 heterocycles. The van der Waals surface area contributed by atoms with Crippen LogP contribution in [-0.4, -0.2) is 23.7 Å². The summed E-state index contributed by atoms with van der Waals surface area (Å²) in [6.45, 7) is 6.93. The van der Waals surface area contributed by atoms with E-state index in [0.717, 1.165) is 31.8 Å². The van der Waals surface area contributed by atoms with Gasteiger partial charge in [0.1, 0.15) is 0 Å². The molecule has 1 aliphatic rings. The van der Waals surface area contributed by atoms with E-state index in [1.54, 1.807) is 0 Å². The molecule has 1 saturated heterocycles. The van der Waals surface area contributed by atoms with Crippen molar-refractivity contribution in [1.29, 1.82) is 0 Å². The summed E-state index contributed by atoms with van der Waals surface area (Å²) in [5, 5.41) is 3.46. The Bertz CT molecular complexity index is 346. The molecule has 0 bridgehead atoms. The van der Waals surface area contributed by atoms with Crippen LogP contribution < -0.4 is 5.32 Å². The molecule has 1 atom stereocenters. The van der Waals surface area contributed by atoms with Gasteiger partial charge in [0.2, 0.25) is 0 Å². The molecule has 0 aromatic carbocycles. The standard InChI is InChI=1S/C13H20N2O/c1-11-12(5-3-7-15-11)9-14-10-13(2)6-4-8-16-13/h3,5,7,14H,4,6,8-10H2,1-2H3. The second kappa shape index (κ2) is 4.93. The summed E-state index contributed by atoms with van der Waals surface area (Å²) in [5.41, 5.74) is 2.41. The van der Waals surface area contributed by atoms with Crippen LogP contribution in [0, 0.1) is 6.92 Å². The summed E-state index contributed by atoms with van der Waals surface area (Å²) in [5.74, 6) is 0. The Hall–Kier alpha value is -0.930. The molecule has 0 saturated carbocycles. The first kappa shape index (κ1) is 11.6. The van der Waals surface area contributed by atoms with E-state index in [-0.39, 0.29) is 5.60 Å². The van der Waals surface area contributed by atoms with Crippen molar-refractivity contribution in [3.8, 4) is 0 Å². The number of hydrogen-bond donors (Lipinski definition) is 1. The third-order valence-electron chi connectivity index (χ3n) is 3.23. The Kier molecular flexibility index (Phi) is 3.56. The van der Waals surface area contributed by atoms with Crippen LogP contribution >= 0.6 is 0 Å². The average molecular weight is 220 g/mol. The second-order valence-electron chi connectivity index (χ2n) is 4.75. The highest BCUT2D eigenvalue weighted by Crippen LogP contribution is 2.23. The minimum atomic E-state index is 0.0378. The molecule has 3 nitrogen and oxygen atoms in total. The molecule has 2 rings (SSSR count). The zero-order valence-corrected chi connectivity index (χ0v) is 10.1. The molecule has 0 spiro atoms. The van der Waals surface area contributed by atoms with Crippen molar-refractivity contribution in [3.63, 3.8) is 0 Å². The number of rotatable bonds is 4. The van der Waals surface area contributed by atoms with Gasteiger partial charge in [0, 0.05) is 31.6 Å². The largest absolute Gasteiger partial charge is 0.374 e. The lowest BCUT2D eigenvalue weighted by molar-refractivity contribution is 0.0206. The molecule has 0 radical (unpaired) electrons. The van der Waals surface area contributed by atoms with Gasteiger partial charge in [-0.05, 0) is 38.3 Å². The van der Waals surface area contributed by atoms with Crippen LogP contribution in [0.1, 0.15) is 31.0 Å². The van der Waals surface area contributed by atoms with Gasteiger partial charge in [-0.1, -0.05) is 6.07 Å². The number of aryl methyl sites for hydroxylation is 1. The van der Waals surface area contributed by atoms with Crippen LogP contribution in [0.25, 0.3) is 0 Å². The number of aromatic nitrogens is 1. The van der Waals surface area contributed by atoms with Crippen LogP contribution in [0.2, 0.25) is 0 Å². The first-order valence-corrected chi connectivity index (χ1v) is 5.95. The van der Waals surface area contributed by atoms with Crippen LogP contribution in [0.3, 0.4) is 0 Å². The van der Waals surface area contributed by atoms with E-state index in [1.165, 1.54) is 12.0 Å². The molecule has 1 aliphatic heterocycles. The van der Waals surface area contributed by atoms with Crippen molar-refractivity contribution < 1.29 is 4.74 Å². The topological polar surface area (TPSA) is 34.2 Å². The number of hydrogen-bond acceptors (Lipinski definition) is 3. The van der Waals surface area contributed by atoms with Crippen LogP contribution in [0.15, 0.2) is 18.3 Å². The third-order valence-corrected chi connectivity index (χ3v) is 3.23. The molecular weight excluding hydrogens is 200 g/mol. The fourth-order valence-electron chi connectivity index (χ4n) is 2.14. The highest BCUT2D eigenvalue weighted by atomic mass is 16.5. The number of nitrogens with one attached hydrogen (secondary N) is 1. The number of pyridine rings is 1. The Morgan fingerprint density at radius 3 is 3.12 bits per heavy atom. The van der Waals surface area contributed by atoms with Gasteiger partial charge in [0.15, 0.2) is 0 Å². The van der Waals surface area contributed by atoms with Crippen molar-refractivity contribution >= 4 is 0 Å². The fourth-order valence-corrected chi connectivity index (χ4v) is 2.14. The Morgan fingerprint density at radius 2 is 2.44 bits per heavy atom. The summed E-state index contributed by atoms with van der Waals surface area (Å²) < 4.78 is 5.73. The van der Waals surface area contributed by atoms with Gasteiger partial charge >= 0.3 is 0 Å². The molecule has 0 amide bonds. The molecule has 0 aliphatic carbocycles. The lowest BCUT2D eigenvalue weighted by Crippen LogP contribution is -2.36. The van der Waals surface area contributed by atoms with E-state index >= 15 is 0 Å². The quantitative estimate of drug-likeness (QED) is 0.843. The summed E-state index contributed by atoms with van der Waals surface area (Å²) in [6.07, 6.45) is 4.18. The van der Waals surface area contributed by atoms with E-state index in [4.69, 9.17) is 4.74 Å². The van der Waals surface area contributed by atoms with Gasteiger partial charge in [0.05, 0.1) is 5.60 Å². The number of ether oxygens (including phenoxy) is 1. The fraction of sp³-hybridized carbons (Fsp3) is 0.615. The predicted octanol–water partition coefficient (Wildman–Crippen LogP) is 2.05. The van der Waals surface area contributed by atoms with Crippen LogP contribution in [0.4, 0.5) is 0 Å². The molecule has 1 aromatic heterocycles. The smallest absolute Gasteiger partial charge is 0.0779 e. The zero-order chi connectivity index (χ0) is 11.4. The molecule has 1 N–H and O–H groups in total. The van der Waals surface area contributed by atoms with Crippen LogP contribution in [-0.2, 0) is 11.3 Å². The SMILES string of the molecule is Cc1ncccc1CNCC1(C)CCCO1. The third kappa shape index (κ3) is 2.80. The summed E-state index contributed by atoms with van der Waals surface area (Å²) in [7, 11) is 0. The van der Waals surface area contributed by atoms with E-state index in [0.29, 0.717) is 0 Å². The lowest BCUT2D eigenvalue weighted by atomic mass is 10.0. The minimum absolute atomic E-state index is 0.0378. The predicted molar refractivity (Wildman–Crippen MR) is 64.3 cm³/mol. The Morgan fingerprint density at radius 1 is 1.56 bits per heavy atom. The Balaban J connectivity index is 1.82. The molecular formula is C13H20N2O. The van der Waals surface area contributed by atoms with E-state index < -0.39 is 0 Å². The van der Waals surface area contributed by atoms with E-state index in [2.05, 4.69) is 23.3 Å². The molecule has 88 valence electrons. The maximum Gasteiger partial charge on any atom is 0.0779 e. The molecule has 1 unspecified atom stereocenters. The minimum Gasteiger partial charge on any atom is -0.374 e. The first-order valence-electron chi connectivity index (χ1n) is 5.95. The second-order valence-corrected chi connectivity index (χ2v) is 4.75. The van der Waals surface area contributed by atoms with Gasteiger partial charge in [-0.15, -0.1) is 0 Å². The molecule has 1 aromatic rings. The van der Waals surface area contributed by atoms with Gasteiger partial charge in [0.25, 0.3) is 0 Å². The number of nitrogens with zero attached hydrogens (tertiary/aromatic N) is 1. The van der Waals surface area contributed by atoms with Crippen molar-refractivity contribution in [2.45, 2.75) is 38.8 Å². The summed E-state index contributed by atoms with van der Waals surface area (Å²) in [6, 6.07) is 4.10. The first-order chi connectivity index (χ1) is 7.70. The van der Waals surface area contributed by atoms with Gasteiger partial charge in [-0.2, -0.15) is 0 Å². The maximum absolute atomic E-state index is 5.73. The van der Waals surface area contributed by atoms with Gasteiger partial charge < -0.3 is 10.1 Å². The Labute approximate surface area is 97.2 Å². The maximum atomic E-state index is 5.73. The normalized spacial score (nSPS) is 24.9. The van der Waals surface area contributed by atoms with Crippen molar-refractivity contribution in [2.24, 2.45) is 0 Å². The monoisotopic (exact) mass is 220 g/mol. The zero-order valence-electron chi connectivity index (χ0n) is 10.1. The van der Waals surface area contributed by atoms with Crippen molar-refractivity contribution in [2.75, 3.05) is 13.2 Å². The molecule has 1 fully saturated rings. The van der Waals surface area contributed by atoms with Crippen LogP contribution in [0.5, 0.6) is 0 Å². The lowest BCUT2D eigenvalue weighted by Gasteiger charge is -2.23. The van der Waals surface area contributed by atoms with Gasteiger partial charge in [-0.3, -0.25) is 4.98 Å². The van der Waals surface area contributed by atoms with E-state index in [9.17, 15) is 0 Å². The highest BCUT2D eigenvalue weighted by molar-refractivity contribution is 5.17. The van der Waals surface area contributed by atoms with E-state index in [1.807, 2.05) is 19.2 Å². The summed E-state index contributed by atoms with van der Waals surface area (Å²) in [4.78, 5) is 4.28. The van der Waals surface area contributed by atoms with Gasteiger partial charge in [-0.25, -0.2) is 0 Å².